The molecule has 0 spiro atoms. The number of carbonyl (C=O) groups is 1. The van der Waals surface area contributed by atoms with Crippen LogP contribution in [0.25, 0.3) is 0 Å². The molecule has 0 saturated carbocycles. The molecule has 4 nitrogen and oxygen atoms in total. The van der Waals surface area contributed by atoms with Gasteiger partial charge in [-0.2, -0.15) is 0 Å². The molecule has 2 N–H and O–H groups in total. The van der Waals surface area contributed by atoms with Gasteiger partial charge in [-0.3, -0.25) is 4.79 Å². The summed E-state index contributed by atoms with van der Waals surface area (Å²) in [5.41, 5.74) is 3.70. The second-order valence-corrected chi connectivity index (χ2v) is 6.94. The summed E-state index contributed by atoms with van der Waals surface area (Å²) in [6.45, 7) is 1.89. The van der Waals surface area contributed by atoms with Crippen LogP contribution in [-0.2, 0) is 11.2 Å². The van der Waals surface area contributed by atoms with E-state index in [2.05, 4.69) is 21.2 Å². The highest BCUT2D eigenvalue weighted by molar-refractivity contribution is 9.10. The molecule has 126 valence electrons. The number of benzene rings is 2. The summed E-state index contributed by atoms with van der Waals surface area (Å²) in [7, 11) is 0. The van der Waals surface area contributed by atoms with Crippen LogP contribution in [0.15, 0.2) is 40.9 Å². The van der Waals surface area contributed by atoms with Crippen molar-refractivity contribution in [3.05, 3.63) is 57.6 Å². The van der Waals surface area contributed by atoms with E-state index in [0.29, 0.717) is 5.75 Å². The zero-order chi connectivity index (χ0) is 17.1. The number of hydrogen-bond donors (Lipinski definition) is 2. The summed E-state index contributed by atoms with van der Waals surface area (Å²) >= 11 is 3.41. The Kier molecular flexibility index (Phi) is 5.21. The van der Waals surface area contributed by atoms with Gasteiger partial charge in [-0.05, 0) is 67.1 Å². The first-order valence-corrected chi connectivity index (χ1v) is 8.82. The average Bonchev–Trinajstić information content (AvgIpc) is 2.56. The van der Waals surface area contributed by atoms with Gasteiger partial charge in [0.25, 0.3) is 5.91 Å². The van der Waals surface area contributed by atoms with Crippen molar-refractivity contribution < 1.29 is 14.6 Å². The van der Waals surface area contributed by atoms with E-state index in [1.54, 1.807) is 0 Å². The van der Waals surface area contributed by atoms with Crippen LogP contribution < -0.4 is 10.1 Å². The highest BCUT2D eigenvalue weighted by atomic mass is 79.9. The van der Waals surface area contributed by atoms with Crippen molar-refractivity contribution in [2.24, 2.45) is 0 Å². The molecule has 0 heterocycles. The standard InChI is InChI=1S/C19H20BrNO3/c1-12-10-13(20)8-9-16(12)21-19(23)11-24-18-7-3-4-14-15(18)5-2-6-17(14)22/h3-4,7-10,17,22H,2,5-6,11H2,1H3,(H,21,23). The minimum Gasteiger partial charge on any atom is -0.483 e. The summed E-state index contributed by atoms with van der Waals surface area (Å²) in [6.07, 6.45) is 2.14. The second-order valence-electron chi connectivity index (χ2n) is 6.03. The van der Waals surface area contributed by atoms with Crippen LogP contribution >= 0.6 is 15.9 Å². The van der Waals surface area contributed by atoms with Gasteiger partial charge in [-0.1, -0.05) is 28.1 Å². The van der Waals surface area contributed by atoms with Gasteiger partial charge in [-0.25, -0.2) is 0 Å². The molecule has 2 aromatic rings. The number of aliphatic hydroxyl groups is 1. The first-order valence-electron chi connectivity index (χ1n) is 8.03. The van der Waals surface area contributed by atoms with Crippen LogP contribution in [0.4, 0.5) is 5.69 Å². The van der Waals surface area contributed by atoms with Gasteiger partial charge in [0.2, 0.25) is 0 Å². The topological polar surface area (TPSA) is 58.6 Å². The molecule has 0 fully saturated rings. The number of fused-ring (bicyclic) bond motifs is 1. The fourth-order valence-electron chi connectivity index (χ4n) is 3.02. The van der Waals surface area contributed by atoms with E-state index in [0.717, 1.165) is 46.1 Å². The van der Waals surface area contributed by atoms with E-state index >= 15 is 0 Å². The highest BCUT2D eigenvalue weighted by Crippen LogP contribution is 2.35. The van der Waals surface area contributed by atoms with E-state index in [1.807, 2.05) is 43.3 Å². The zero-order valence-corrected chi connectivity index (χ0v) is 15.1. The molecule has 24 heavy (non-hydrogen) atoms. The van der Waals surface area contributed by atoms with Gasteiger partial charge in [0.15, 0.2) is 6.61 Å². The van der Waals surface area contributed by atoms with Gasteiger partial charge in [0.05, 0.1) is 6.10 Å². The first-order chi connectivity index (χ1) is 11.5. The van der Waals surface area contributed by atoms with Crippen LogP contribution in [0.1, 0.15) is 35.6 Å². The predicted octanol–water partition coefficient (Wildman–Crippen LogP) is 4.14. The summed E-state index contributed by atoms with van der Waals surface area (Å²) in [5, 5.41) is 12.9. The lowest BCUT2D eigenvalue weighted by Crippen LogP contribution is -2.21. The molecule has 1 aliphatic carbocycles. The number of rotatable bonds is 4. The maximum absolute atomic E-state index is 12.2. The third-order valence-corrected chi connectivity index (χ3v) is 4.75. The number of ether oxygens (including phenoxy) is 1. The highest BCUT2D eigenvalue weighted by Gasteiger charge is 2.21. The van der Waals surface area contributed by atoms with Crippen LogP contribution in [0, 0.1) is 6.92 Å². The number of aliphatic hydroxyl groups excluding tert-OH is 1. The van der Waals surface area contributed by atoms with Crippen molar-refractivity contribution in [1.29, 1.82) is 0 Å². The minimum atomic E-state index is -0.434. The Hall–Kier alpha value is -1.85. The summed E-state index contributed by atoms with van der Waals surface area (Å²) in [5.74, 6) is 0.489. The predicted molar refractivity (Wildman–Crippen MR) is 97.3 cm³/mol. The fraction of sp³-hybridized carbons (Fsp3) is 0.316. The Labute approximate surface area is 150 Å². The van der Waals surface area contributed by atoms with E-state index < -0.39 is 6.10 Å². The van der Waals surface area contributed by atoms with E-state index in [1.165, 1.54) is 0 Å². The lowest BCUT2D eigenvalue weighted by molar-refractivity contribution is -0.118. The molecule has 0 aromatic heterocycles. The molecule has 1 aliphatic rings. The quantitative estimate of drug-likeness (QED) is 0.825. The van der Waals surface area contributed by atoms with Crippen molar-refractivity contribution in [3.63, 3.8) is 0 Å². The first kappa shape index (κ1) is 17.0. The number of nitrogens with one attached hydrogen (secondary N) is 1. The largest absolute Gasteiger partial charge is 0.483 e. The third kappa shape index (κ3) is 3.79. The van der Waals surface area contributed by atoms with Crippen molar-refractivity contribution in [2.45, 2.75) is 32.3 Å². The van der Waals surface area contributed by atoms with Crippen LogP contribution in [0.3, 0.4) is 0 Å². The zero-order valence-electron chi connectivity index (χ0n) is 13.5. The Morgan fingerprint density at radius 2 is 2.21 bits per heavy atom. The molecular weight excluding hydrogens is 370 g/mol. The van der Waals surface area contributed by atoms with Crippen molar-refractivity contribution in [2.75, 3.05) is 11.9 Å². The number of anilines is 1. The number of carbonyl (C=O) groups excluding carboxylic acids is 1. The molecule has 1 atom stereocenters. The molecule has 3 rings (SSSR count). The SMILES string of the molecule is Cc1cc(Br)ccc1NC(=O)COc1cccc2c1CCCC2O. The number of amides is 1. The molecule has 1 unspecified atom stereocenters. The molecule has 0 radical (unpaired) electrons. The Balaban J connectivity index is 1.66. The molecule has 0 aliphatic heterocycles. The van der Waals surface area contributed by atoms with Crippen molar-refractivity contribution in [1.82, 2.24) is 0 Å². The molecule has 1 amide bonds. The number of aryl methyl sites for hydroxylation is 1. The van der Waals surface area contributed by atoms with E-state index in [4.69, 9.17) is 4.74 Å². The molecule has 5 heteroatoms. The molecule has 0 saturated heterocycles. The number of halogens is 1. The Morgan fingerprint density at radius 3 is 3.00 bits per heavy atom. The average molecular weight is 390 g/mol. The normalized spacial score (nSPS) is 16.4. The molecular formula is C19H20BrNO3. The molecule has 0 bridgehead atoms. The Bertz CT molecular complexity index is 760. The van der Waals surface area contributed by atoms with Crippen molar-refractivity contribution >= 4 is 27.5 Å². The fourth-order valence-corrected chi connectivity index (χ4v) is 3.50. The van der Waals surface area contributed by atoms with Gasteiger partial charge < -0.3 is 15.2 Å². The van der Waals surface area contributed by atoms with Crippen LogP contribution in [0.5, 0.6) is 5.75 Å². The minimum absolute atomic E-state index is 0.0535. The van der Waals surface area contributed by atoms with E-state index in [-0.39, 0.29) is 12.5 Å². The van der Waals surface area contributed by atoms with Crippen LogP contribution in [-0.4, -0.2) is 17.6 Å². The monoisotopic (exact) mass is 389 g/mol. The summed E-state index contributed by atoms with van der Waals surface area (Å²) in [4.78, 5) is 12.2. The van der Waals surface area contributed by atoms with Crippen LogP contribution in [0.2, 0.25) is 0 Å². The van der Waals surface area contributed by atoms with Gasteiger partial charge in [0.1, 0.15) is 5.75 Å². The van der Waals surface area contributed by atoms with Gasteiger partial charge >= 0.3 is 0 Å². The lowest BCUT2D eigenvalue weighted by Gasteiger charge is -2.23. The second kappa shape index (κ2) is 7.36. The smallest absolute Gasteiger partial charge is 0.262 e. The number of hydrogen-bond acceptors (Lipinski definition) is 3. The summed E-state index contributed by atoms with van der Waals surface area (Å²) in [6, 6.07) is 11.3. The molecule has 2 aromatic carbocycles. The van der Waals surface area contributed by atoms with Gasteiger partial charge in [0, 0.05) is 10.2 Å². The maximum Gasteiger partial charge on any atom is 0.262 e. The third-order valence-electron chi connectivity index (χ3n) is 4.25. The van der Waals surface area contributed by atoms with E-state index in [9.17, 15) is 9.90 Å². The maximum atomic E-state index is 12.2. The summed E-state index contributed by atoms with van der Waals surface area (Å²) < 4.78 is 6.69. The van der Waals surface area contributed by atoms with Gasteiger partial charge in [-0.15, -0.1) is 0 Å². The van der Waals surface area contributed by atoms with Crippen molar-refractivity contribution in [3.8, 4) is 5.75 Å². The lowest BCUT2D eigenvalue weighted by atomic mass is 9.89. The Morgan fingerprint density at radius 1 is 1.38 bits per heavy atom.